The summed E-state index contributed by atoms with van der Waals surface area (Å²) in [4.78, 5) is 13.5. The van der Waals surface area contributed by atoms with Crippen LogP contribution in [0.3, 0.4) is 0 Å². The van der Waals surface area contributed by atoms with Crippen molar-refractivity contribution < 1.29 is 22.7 Å². The fourth-order valence-electron chi connectivity index (χ4n) is 3.50. The summed E-state index contributed by atoms with van der Waals surface area (Å²) in [6.07, 6.45) is -2.83. The van der Waals surface area contributed by atoms with Gasteiger partial charge in [0.15, 0.2) is 0 Å². The van der Waals surface area contributed by atoms with E-state index >= 15 is 0 Å². The molecule has 0 aromatic heterocycles. The number of carbonyl (C=O) groups excluding carboxylic acids is 1. The summed E-state index contributed by atoms with van der Waals surface area (Å²) in [6.45, 7) is 13.5. The number of amides is 1. The molecule has 0 atom stereocenters. The first kappa shape index (κ1) is 27.6. The van der Waals surface area contributed by atoms with Crippen molar-refractivity contribution in [1.82, 2.24) is 5.32 Å². The fourth-order valence-corrected chi connectivity index (χ4v) is 3.50. The van der Waals surface area contributed by atoms with Crippen molar-refractivity contribution in [3.63, 3.8) is 0 Å². The van der Waals surface area contributed by atoms with E-state index in [0.29, 0.717) is 6.42 Å². The third-order valence-corrected chi connectivity index (χ3v) is 4.76. The Morgan fingerprint density at radius 1 is 1.24 bits per heavy atom. The highest BCUT2D eigenvalue weighted by Crippen LogP contribution is 2.37. The van der Waals surface area contributed by atoms with Crippen LogP contribution in [-0.4, -0.2) is 19.3 Å². The zero-order valence-electron chi connectivity index (χ0n) is 20.0. The van der Waals surface area contributed by atoms with Crippen LogP contribution in [0.15, 0.2) is 43.0 Å². The molecule has 1 N–H and O–H groups in total. The molecule has 4 nitrogen and oxygen atoms in total. The van der Waals surface area contributed by atoms with Gasteiger partial charge in [0.2, 0.25) is 5.91 Å². The first-order valence-corrected chi connectivity index (χ1v) is 10.7. The van der Waals surface area contributed by atoms with Gasteiger partial charge < -0.3 is 15.0 Å². The standard InChI is InChI=1S/C24H25F3N2O2.C2H6/c1-6-13-29(5)23-16(4)21(14-18(20(23)7-2)15-28-22(30)8-3)17-9-11-19(12-10-17)31-24(25,26)27;1-2/h8-12,14H,3,7,15H2,1-2,4-5H3,(H,28,30);1-2H3. The Kier molecular flexibility index (Phi) is 10.5. The zero-order chi connectivity index (χ0) is 25.2. The molecule has 0 bridgehead atoms. The lowest BCUT2D eigenvalue weighted by atomic mass is 9.90. The van der Waals surface area contributed by atoms with Gasteiger partial charge in [-0.15, -0.1) is 13.2 Å². The number of rotatable bonds is 7. The largest absolute Gasteiger partial charge is 0.573 e. The van der Waals surface area contributed by atoms with Gasteiger partial charge in [0, 0.05) is 19.6 Å². The summed E-state index contributed by atoms with van der Waals surface area (Å²) in [7, 11) is 1.86. The van der Waals surface area contributed by atoms with E-state index < -0.39 is 6.36 Å². The third kappa shape index (κ3) is 7.60. The lowest BCUT2D eigenvalue weighted by Gasteiger charge is -2.24. The molecular weight excluding hydrogens is 429 g/mol. The fraction of sp³-hybridized carbons (Fsp3) is 0.346. The molecule has 0 unspecified atom stereocenters. The molecule has 2 aromatic carbocycles. The topological polar surface area (TPSA) is 41.6 Å². The van der Waals surface area contributed by atoms with E-state index in [4.69, 9.17) is 0 Å². The van der Waals surface area contributed by atoms with Gasteiger partial charge in [-0.2, -0.15) is 0 Å². The Balaban J connectivity index is 0.00000265. The molecule has 33 heavy (non-hydrogen) atoms. The number of benzene rings is 2. The molecule has 0 spiro atoms. The lowest BCUT2D eigenvalue weighted by molar-refractivity contribution is -0.274. The highest BCUT2D eigenvalue weighted by molar-refractivity contribution is 5.87. The van der Waals surface area contributed by atoms with Gasteiger partial charge in [0.25, 0.3) is 0 Å². The van der Waals surface area contributed by atoms with Gasteiger partial charge in [0.1, 0.15) is 5.75 Å². The molecule has 0 radical (unpaired) electrons. The van der Waals surface area contributed by atoms with Crippen molar-refractivity contribution in [3.05, 3.63) is 59.7 Å². The number of carbonyl (C=O) groups is 1. The summed E-state index contributed by atoms with van der Waals surface area (Å²) < 4.78 is 41.4. The van der Waals surface area contributed by atoms with Crippen molar-refractivity contribution in [2.45, 2.75) is 53.9 Å². The zero-order valence-corrected chi connectivity index (χ0v) is 20.0. The maximum atomic E-state index is 12.5. The van der Waals surface area contributed by atoms with Crippen LogP contribution in [0.5, 0.6) is 5.75 Å². The quantitative estimate of drug-likeness (QED) is 0.297. The maximum Gasteiger partial charge on any atom is 0.573 e. The minimum Gasteiger partial charge on any atom is -0.406 e. The Hall–Kier alpha value is -3.40. The van der Waals surface area contributed by atoms with Crippen LogP contribution in [0.25, 0.3) is 11.1 Å². The molecule has 0 aliphatic heterocycles. The minimum atomic E-state index is -4.74. The molecule has 7 heteroatoms. The molecule has 0 saturated heterocycles. The van der Waals surface area contributed by atoms with Crippen LogP contribution in [-0.2, 0) is 17.8 Å². The highest BCUT2D eigenvalue weighted by Gasteiger charge is 2.31. The van der Waals surface area contributed by atoms with Crippen LogP contribution in [0.2, 0.25) is 0 Å². The molecule has 0 fully saturated rings. The van der Waals surface area contributed by atoms with E-state index in [1.165, 1.54) is 18.2 Å². The Labute approximate surface area is 194 Å². The summed E-state index contributed by atoms with van der Waals surface area (Å²) in [6, 6.07) is 10.7. The Morgan fingerprint density at radius 3 is 2.33 bits per heavy atom. The summed E-state index contributed by atoms with van der Waals surface area (Å²) in [5.41, 5.74) is 5.34. The second kappa shape index (κ2) is 12.6. The number of hydrogen-bond donors (Lipinski definition) is 1. The first-order valence-electron chi connectivity index (χ1n) is 10.7. The number of alkyl halides is 3. The van der Waals surface area contributed by atoms with Gasteiger partial charge in [-0.25, -0.2) is 0 Å². The molecule has 2 rings (SSSR count). The Morgan fingerprint density at radius 2 is 1.85 bits per heavy atom. The van der Waals surface area contributed by atoms with E-state index in [1.807, 2.05) is 45.7 Å². The predicted molar refractivity (Wildman–Crippen MR) is 128 cm³/mol. The summed E-state index contributed by atoms with van der Waals surface area (Å²) in [5, 5.41) is 2.80. The SMILES string of the molecule is C=CC(=O)NCc1cc(-c2ccc(OC(F)(F)F)cc2)c(C)c(N(C)C#CC)c1CC.CC. The van der Waals surface area contributed by atoms with Crippen LogP contribution < -0.4 is 15.0 Å². The van der Waals surface area contributed by atoms with Crippen molar-refractivity contribution in [1.29, 1.82) is 0 Å². The molecular formula is C26H31F3N2O2. The number of hydrogen-bond acceptors (Lipinski definition) is 3. The summed E-state index contributed by atoms with van der Waals surface area (Å²) in [5.74, 6) is 2.31. The van der Waals surface area contributed by atoms with Gasteiger partial charge in [-0.1, -0.05) is 45.4 Å². The van der Waals surface area contributed by atoms with Crippen molar-refractivity contribution in [2.24, 2.45) is 0 Å². The first-order chi connectivity index (χ1) is 15.6. The van der Waals surface area contributed by atoms with Crippen LogP contribution in [0.4, 0.5) is 18.9 Å². The van der Waals surface area contributed by atoms with E-state index in [-0.39, 0.29) is 18.2 Å². The van der Waals surface area contributed by atoms with Crippen LogP contribution >= 0.6 is 0 Å². The molecule has 1 amide bonds. The van der Waals surface area contributed by atoms with Gasteiger partial charge >= 0.3 is 6.36 Å². The maximum absolute atomic E-state index is 12.5. The summed E-state index contributed by atoms with van der Waals surface area (Å²) >= 11 is 0. The second-order valence-electron chi connectivity index (χ2n) is 6.80. The lowest BCUT2D eigenvalue weighted by Crippen LogP contribution is -2.22. The highest BCUT2D eigenvalue weighted by atomic mass is 19.4. The molecule has 0 aliphatic rings. The average molecular weight is 461 g/mol. The number of anilines is 1. The number of ether oxygens (including phenoxy) is 1. The number of nitrogens with zero attached hydrogens (tertiary/aromatic N) is 1. The smallest absolute Gasteiger partial charge is 0.406 e. The van der Waals surface area contributed by atoms with E-state index in [1.54, 1.807) is 19.1 Å². The molecule has 178 valence electrons. The predicted octanol–water partition coefficient (Wildman–Crippen LogP) is 6.37. The van der Waals surface area contributed by atoms with Crippen LogP contribution in [0.1, 0.15) is 44.4 Å². The van der Waals surface area contributed by atoms with E-state index in [2.05, 4.69) is 28.6 Å². The van der Waals surface area contributed by atoms with Crippen molar-refractivity contribution in [3.8, 4) is 28.8 Å². The van der Waals surface area contributed by atoms with E-state index in [0.717, 1.165) is 33.5 Å². The molecule has 2 aromatic rings. The Bertz CT molecular complexity index is 1020. The number of halogens is 3. The number of nitrogens with one attached hydrogen (secondary N) is 1. The minimum absolute atomic E-state index is 0.285. The van der Waals surface area contributed by atoms with Gasteiger partial charge in [0.05, 0.1) is 5.69 Å². The molecule has 0 heterocycles. The molecule has 0 saturated carbocycles. The van der Waals surface area contributed by atoms with Crippen molar-refractivity contribution >= 4 is 11.6 Å². The normalized spacial score (nSPS) is 10.2. The van der Waals surface area contributed by atoms with Gasteiger partial charge in [-0.3, -0.25) is 4.79 Å². The van der Waals surface area contributed by atoms with E-state index in [9.17, 15) is 18.0 Å². The third-order valence-electron chi connectivity index (χ3n) is 4.76. The van der Waals surface area contributed by atoms with Crippen molar-refractivity contribution in [2.75, 3.05) is 11.9 Å². The molecule has 0 aliphatic carbocycles. The van der Waals surface area contributed by atoms with Crippen LogP contribution in [0, 0.1) is 18.9 Å². The average Bonchev–Trinajstić information content (AvgIpc) is 2.78. The second-order valence-corrected chi connectivity index (χ2v) is 6.80. The van der Waals surface area contributed by atoms with Gasteiger partial charge in [-0.05, 0) is 72.4 Å². The monoisotopic (exact) mass is 460 g/mol.